The molecule has 2 heterocycles. The summed E-state index contributed by atoms with van der Waals surface area (Å²) in [5, 5.41) is 14.3. The van der Waals surface area contributed by atoms with Crippen molar-refractivity contribution in [1.29, 1.82) is 0 Å². The molecule has 2 N–H and O–H groups in total. The van der Waals surface area contributed by atoms with Gasteiger partial charge in [0.05, 0.1) is 18.2 Å². The lowest BCUT2D eigenvalue weighted by Crippen LogP contribution is -2.42. The van der Waals surface area contributed by atoms with Gasteiger partial charge in [-0.3, -0.25) is 19.2 Å². The van der Waals surface area contributed by atoms with E-state index in [-0.39, 0.29) is 30.0 Å². The highest BCUT2D eigenvalue weighted by molar-refractivity contribution is 6.30. The van der Waals surface area contributed by atoms with Gasteiger partial charge in [-0.05, 0) is 53.6 Å². The number of ketones is 2. The van der Waals surface area contributed by atoms with Crippen molar-refractivity contribution in [3.8, 4) is 5.69 Å². The highest BCUT2D eigenvalue weighted by Gasteiger charge is 2.22. The van der Waals surface area contributed by atoms with Crippen LogP contribution >= 0.6 is 11.6 Å². The van der Waals surface area contributed by atoms with Gasteiger partial charge in [-0.25, -0.2) is 4.98 Å². The van der Waals surface area contributed by atoms with Crippen molar-refractivity contribution >= 4 is 35.2 Å². The van der Waals surface area contributed by atoms with Crippen LogP contribution in [0.15, 0.2) is 71.9 Å². The lowest BCUT2D eigenvalue weighted by atomic mass is 10.00. The van der Waals surface area contributed by atoms with Crippen LogP contribution in [0, 0.1) is 0 Å². The van der Waals surface area contributed by atoms with Gasteiger partial charge in [0.2, 0.25) is 5.91 Å². The second kappa shape index (κ2) is 12.0. The Kier molecular flexibility index (Phi) is 8.29. The molecule has 12 heteroatoms. The van der Waals surface area contributed by atoms with Crippen LogP contribution in [0.4, 0.5) is 0 Å². The van der Waals surface area contributed by atoms with Crippen LogP contribution in [-0.2, 0) is 22.4 Å². The van der Waals surface area contributed by atoms with Crippen LogP contribution in [0.2, 0.25) is 5.02 Å². The molecule has 192 valence electrons. The van der Waals surface area contributed by atoms with Crippen LogP contribution in [0.5, 0.6) is 0 Å². The third-order valence-corrected chi connectivity index (χ3v) is 5.80. The molecule has 2 aromatic heterocycles. The van der Waals surface area contributed by atoms with Crippen LogP contribution in [0.1, 0.15) is 34.2 Å². The topological polar surface area (TPSA) is 153 Å². The number of carbonyl (C=O) groups excluding carboxylic acids is 3. The van der Waals surface area contributed by atoms with Crippen molar-refractivity contribution in [2.75, 3.05) is 0 Å². The zero-order valence-corrected chi connectivity index (χ0v) is 20.9. The standard InChI is InChI=1S/C26H22ClN7O4/c1-16(35)20-14-28-24(31-26(20)38)13-23(36)21(11-17-5-3-2-4-6-17)30-25(37)10-7-18-12-19(27)8-9-22(18)34-15-29-32-33-34/h2-10,12,14-15,21H,11,13H2,1H3,(H,30,37)(H,28,31,38)/b10-7+/t21-/m0/s1. The third kappa shape index (κ3) is 6.71. The highest BCUT2D eigenvalue weighted by atomic mass is 35.5. The Bertz CT molecular complexity index is 1550. The number of hydrogen-bond acceptors (Lipinski definition) is 8. The van der Waals surface area contributed by atoms with E-state index in [1.807, 2.05) is 30.3 Å². The molecule has 0 saturated heterocycles. The van der Waals surface area contributed by atoms with Crippen molar-refractivity contribution in [3.05, 3.63) is 105 Å². The number of tetrazole rings is 1. The molecule has 0 aliphatic rings. The van der Waals surface area contributed by atoms with Gasteiger partial charge in [-0.1, -0.05) is 41.9 Å². The van der Waals surface area contributed by atoms with Gasteiger partial charge in [0.1, 0.15) is 17.7 Å². The van der Waals surface area contributed by atoms with E-state index in [9.17, 15) is 19.2 Å². The van der Waals surface area contributed by atoms with Gasteiger partial charge in [0, 0.05) is 22.9 Å². The van der Waals surface area contributed by atoms with Gasteiger partial charge >= 0.3 is 0 Å². The summed E-state index contributed by atoms with van der Waals surface area (Å²) >= 11 is 6.14. The number of Topliss-reactive ketones (excluding diaryl/α,β-unsaturated/α-hetero) is 2. The minimum atomic E-state index is -0.911. The van der Waals surface area contributed by atoms with E-state index in [0.717, 1.165) is 11.8 Å². The van der Waals surface area contributed by atoms with Crippen molar-refractivity contribution in [2.45, 2.75) is 25.8 Å². The Morgan fingerprint density at radius 1 is 1.16 bits per heavy atom. The number of carbonyl (C=O) groups is 3. The summed E-state index contributed by atoms with van der Waals surface area (Å²) < 4.78 is 1.43. The van der Waals surface area contributed by atoms with Gasteiger partial charge < -0.3 is 10.3 Å². The van der Waals surface area contributed by atoms with E-state index in [0.29, 0.717) is 16.3 Å². The minimum absolute atomic E-state index is 0.0949. The summed E-state index contributed by atoms with van der Waals surface area (Å²) in [4.78, 5) is 56.2. The predicted octanol–water partition coefficient (Wildman–Crippen LogP) is 2.15. The lowest BCUT2D eigenvalue weighted by Gasteiger charge is -2.17. The number of amides is 1. The first-order valence-electron chi connectivity index (χ1n) is 11.5. The molecule has 0 saturated carbocycles. The molecule has 0 aliphatic heterocycles. The third-order valence-electron chi connectivity index (χ3n) is 5.56. The number of aromatic nitrogens is 6. The van der Waals surface area contributed by atoms with E-state index in [4.69, 9.17) is 11.6 Å². The van der Waals surface area contributed by atoms with E-state index in [2.05, 4.69) is 30.8 Å². The molecule has 0 bridgehead atoms. The van der Waals surface area contributed by atoms with Gasteiger partial charge in [-0.2, -0.15) is 4.68 Å². The van der Waals surface area contributed by atoms with E-state index in [1.54, 1.807) is 24.3 Å². The molecule has 0 spiro atoms. The molecule has 0 aliphatic carbocycles. The Labute approximate surface area is 221 Å². The Balaban J connectivity index is 1.54. The average Bonchev–Trinajstić information content (AvgIpc) is 3.42. The maximum absolute atomic E-state index is 13.2. The second-order valence-electron chi connectivity index (χ2n) is 8.31. The molecule has 0 unspecified atom stereocenters. The minimum Gasteiger partial charge on any atom is -0.342 e. The Morgan fingerprint density at radius 2 is 1.95 bits per heavy atom. The highest BCUT2D eigenvalue weighted by Crippen LogP contribution is 2.20. The average molecular weight is 532 g/mol. The number of nitrogens with one attached hydrogen (secondary N) is 2. The summed E-state index contributed by atoms with van der Waals surface area (Å²) in [7, 11) is 0. The Hall–Kier alpha value is -4.77. The van der Waals surface area contributed by atoms with E-state index < -0.39 is 23.3 Å². The number of rotatable bonds is 10. The van der Waals surface area contributed by atoms with Gasteiger partial charge in [-0.15, -0.1) is 5.10 Å². The predicted molar refractivity (Wildman–Crippen MR) is 139 cm³/mol. The summed E-state index contributed by atoms with van der Waals surface area (Å²) in [5.74, 6) is -1.22. The fourth-order valence-corrected chi connectivity index (χ4v) is 3.86. The molecule has 4 rings (SSSR count). The van der Waals surface area contributed by atoms with Crippen molar-refractivity contribution in [2.24, 2.45) is 0 Å². The molecule has 0 radical (unpaired) electrons. The van der Waals surface area contributed by atoms with Gasteiger partial charge in [0.25, 0.3) is 5.56 Å². The van der Waals surface area contributed by atoms with Crippen molar-refractivity contribution in [1.82, 2.24) is 35.5 Å². The summed E-state index contributed by atoms with van der Waals surface area (Å²) in [5.41, 5.74) is 1.30. The fourth-order valence-electron chi connectivity index (χ4n) is 3.68. The summed E-state index contributed by atoms with van der Waals surface area (Å²) in [6, 6.07) is 13.3. The van der Waals surface area contributed by atoms with Crippen molar-refractivity contribution < 1.29 is 14.4 Å². The fraction of sp³-hybridized carbons (Fsp3) is 0.154. The number of H-pyrrole nitrogens is 1. The van der Waals surface area contributed by atoms with Crippen molar-refractivity contribution in [3.63, 3.8) is 0 Å². The molecule has 0 fully saturated rings. The molecule has 11 nitrogen and oxygen atoms in total. The van der Waals surface area contributed by atoms with E-state index in [1.165, 1.54) is 24.0 Å². The van der Waals surface area contributed by atoms with Gasteiger partial charge in [0.15, 0.2) is 11.6 Å². The summed E-state index contributed by atoms with van der Waals surface area (Å²) in [6.45, 7) is 1.26. The number of nitrogens with zero attached hydrogens (tertiary/aromatic N) is 5. The number of halogens is 1. The second-order valence-corrected chi connectivity index (χ2v) is 8.75. The molecule has 38 heavy (non-hydrogen) atoms. The van der Waals surface area contributed by atoms with Crippen LogP contribution in [0.3, 0.4) is 0 Å². The molecular formula is C26H22ClN7O4. The molecule has 1 atom stereocenters. The lowest BCUT2D eigenvalue weighted by molar-refractivity contribution is -0.125. The normalized spacial score (nSPS) is 11.8. The number of hydrogen-bond donors (Lipinski definition) is 2. The molecular weight excluding hydrogens is 510 g/mol. The zero-order chi connectivity index (χ0) is 27.1. The zero-order valence-electron chi connectivity index (χ0n) is 20.2. The molecule has 1 amide bonds. The van der Waals surface area contributed by atoms with Crippen LogP contribution in [-0.4, -0.2) is 53.7 Å². The van der Waals surface area contributed by atoms with E-state index >= 15 is 0 Å². The first-order chi connectivity index (χ1) is 18.3. The van der Waals surface area contributed by atoms with Crippen LogP contribution in [0.25, 0.3) is 11.8 Å². The quantitative estimate of drug-likeness (QED) is 0.233. The SMILES string of the molecule is CC(=O)c1cnc(CC(=O)[C@H](Cc2ccccc2)NC(=O)/C=C/c2cc(Cl)ccc2-n2cnnn2)[nH]c1=O. The maximum atomic E-state index is 13.2. The van der Waals surface area contributed by atoms with Crippen LogP contribution < -0.4 is 10.9 Å². The maximum Gasteiger partial charge on any atom is 0.261 e. The largest absolute Gasteiger partial charge is 0.342 e. The first kappa shape index (κ1) is 26.3. The number of benzene rings is 2. The first-order valence-corrected chi connectivity index (χ1v) is 11.8. The molecule has 2 aromatic carbocycles. The molecule has 4 aromatic rings. The summed E-state index contributed by atoms with van der Waals surface area (Å²) in [6.07, 6.45) is 5.37. The Morgan fingerprint density at radius 3 is 2.63 bits per heavy atom. The number of aromatic amines is 1. The smallest absolute Gasteiger partial charge is 0.261 e. The monoisotopic (exact) mass is 531 g/mol.